The van der Waals surface area contributed by atoms with Gasteiger partial charge >= 0.3 is 10.4 Å². The van der Waals surface area contributed by atoms with Crippen molar-refractivity contribution in [3.63, 3.8) is 0 Å². The lowest BCUT2D eigenvalue weighted by Crippen LogP contribution is -2.61. The zero-order valence-electron chi connectivity index (χ0n) is 44.4. The Labute approximate surface area is 432 Å². The molecule has 0 aromatic rings. The van der Waals surface area contributed by atoms with Gasteiger partial charge in [-0.15, -0.1) is 0 Å². The molecule has 14 heteroatoms. The van der Waals surface area contributed by atoms with Crippen molar-refractivity contribution >= 4 is 16.3 Å². The first-order valence-electron chi connectivity index (χ1n) is 28.3. The molecule has 1 fully saturated rings. The molecule has 414 valence electrons. The molecule has 0 aromatic heterocycles. The van der Waals surface area contributed by atoms with E-state index in [2.05, 4.69) is 72.0 Å². The van der Waals surface area contributed by atoms with Crippen molar-refractivity contribution in [2.45, 2.75) is 281 Å². The van der Waals surface area contributed by atoms with Crippen LogP contribution in [0, 0.1) is 0 Å². The Balaban J connectivity index is 2.51. The molecule has 71 heavy (non-hydrogen) atoms. The predicted molar refractivity (Wildman–Crippen MR) is 288 cm³/mol. The predicted octanol–water partition coefficient (Wildman–Crippen LogP) is 11.9. The molecule has 1 saturated heterocycles. The summed E-state index contributed by atoms with van der Waals surface area (Å²) in [4.78, 5) is 13.2. The first-order chi connectivity index (χ1) is 34.4. The van der Waals surface area contributed by atoms with Gasteiger partial charge in [0, 0.05) is 0 Å². The lowest BCUT2D eigenvalue weighted by molar-refractivity contribution is -0.298. The van der Waals surface area contributed by atoms with Gasteiger partial charge in [0.15, 0.2) is 6.29 Å². The number of unbranched alkanes of at least 4 members (excludes halogenated alkanes) is 27. The number of amides is 1. The van der Waals surface area contributed by atoms with E-state index < -0.39 is 78.5 Å². The van der Waals surface area contributed by atoms with Gasteiger partial charge in [0.25, 0.3) is 0 Å². The summed E-state index contributed by atoms with van der Waals surface area (Å²) in [6.07, 6.45) is 48.7. The molecule has 1 rings (SSSR count). The first-order valence-corrected chi connectivity index (χ1v) is 29.6. The van der Waals surface area contributed by atoms with Gasteiger partial charge in [-0.1, -0.05) is 216 Å². The fraction of sp³-hybridized carbons (Fsp3) is 0.807. The lowest BCUT2D eigenvalue weighted by Gasteiger charge is -2.41. The van der Waals surface area contributed by atoms with Gasteiger partial charge in [-0.3, -0.25) is 9.35 Å². The zero-order valence-corrected chi connectivity index (χ0v) is 45.2. The molecule has 1 aliphatic rings. The van der Waals surface area contributed by atoms with E-state index in [9.17, 15) is 43.3 Å². The number of aliphatic hydroxyl groups is 5. The van der Waals surface area contributed by atoms with Crippen molar-refractivity contribution in [1.29, 1.82) is 0 Å². The summed E-state index contributed by atoms with van der Waals surface area (Å²) in [6, 6.07) is -1.15. The van der Waals surface area contributed by atoms with Crippen molar-refractivity contribution in [1.82, 2.24) is 5.32 Å². The van der Waals surface area contributed by atoms with E-state index in [0.29, 0.717) is 12.8 Å². The second-order valence-electron chi connectivity index (χ2n) is 19.6. The summed E-state index contributed by atoms with van der Waals surface area (Å²) >= 11 is 0. The van der Waals surface area contributed by atoms with Gasteiger partial charge in [0.2, 0.25) is 5.91 Å². The second kappa shape index (κ2) is 46.3. The number of allylic oxidation sites excluding steroid dienone is 9. The standard InChI is InChI=1S/C57H103NO12S/c1-3-5-7-9-11-13-15-17-19-21-23-25-26-28-30-32-34-36-38-40-42-44-46-51(61)56(64)58-49(48-68-57-54(63)55(70-71(65,66)67)53(62)52(47-59)69-57)50(60)45-43-41-39-37-35-33-31-29-27-24-22-20-18-16-14-12-10-8-6-4-2/h23,25,27-30,35,37,43,45,49-55,57,59-63H,3-22,24,26,31-34,36,38-42,44,46-48H2,1-2H3,(H,58,64)(H,65,66,67)/b25-23-,29-27+,30-28-,37-35+,45-43+. The van der Waals surface area contributed by atoms with Crippen LogP contribution in [-0.2, 0) is 28.9 Å². The smallest absolute Gasteiger partial charge is 0.394 e. The Kier molecular flexibility index (Phi) is 43.5. The number of hydrogen-bond donors (Lipinski definition) is 7. The third-order valence-corrected chi connectivity index (χ3v) is 13.6. The van der Waals surface area contributed by atoms with Gasteiger partial charge in [0.1, 0.15) is 30.5 Å². The Morgan fingerprint density at radius 2 is 0.986 bits per heavy atom. The summed E-state index contributed by atoms with van der Waals surface area (Å²) in [6.45, 7) is 3.22. The number of rotatable bonds is 48. The SMILES string of the molecule is CCCCCCCCCCC/C=C\C/C=C\CCCCCCCCC(O)C(=O)NC(COC1OC(CO)C(O)C(OS(=O)(=O)O)C1O)C(O)/C=C/CC/C=C/CC/C=C/CCCCCCCCCCCC. The number of aliphatic hydroxyl groups excluding tert-OH is 5. The molecular weight excluding hydrogens is 923 g/mol. The molecule has 0 aromatic carbocycles. The molecule has 0 radical (unpaired) electrons. The molecule has 13 nitrogen and oxygen atoms in total. The quantitative estimate of drug-likeness (QED) is 0.0172. The molecule has 0 saturated carbocycles. The Morgan fingerprint density at radius 1 is 0.577 bits per heavy atom. The van der Waals surface area contributed by atoms with Gasteiger partial charge in [-0.05, 0) is 77.0 Å². The highest BCUT2D eigenvalue weighted by Gasteiger charge is 2.48. The summed E-state index contributed by atoms with van der Waals surface area (Å²) in [5, 5.41) is 55.5. The van der Waals surface area contributed by atoms with Gasteiger partial charge in [0.05, 0.1) is 25.4 Å². The minimum Gasteiger partial charge on any atom is -0.394 e. The normalized spacial score (nSPS) is 20.4. The largest absolute Gasteiger partial charge is 0.397 e. The van der Waals surface area contributed by atoms with Crippen LogP contribution in [0.4, 0.5) is 0 Å². The van der Waals surface area contributed by atoms with E-state index in [4.69, 9.17) is 9.47 Å². The molecule has 0 bridgehead atoms. The van der Waals surface area contributed by atoms with Crippen molar-refractivity contribution < 1.29 is 57.0 Å². The van der Waals surface area contributed by atoms with Gasteiger partial charge < -0.3 is 40.3 Å². The summed E-state index contributed by atoms with van der Waals surface area (Å²) in [7, 11) is -5.13. The fourth-order valence-corrected chi connectivity index (χ4v) is 9.15. The first kappa shape index (κ1) is 66.8. The summed E-state index contributed by atoms with van der Waals surface area (Å²) in [5.41, 5.74) is 0. The van der Waals surface area contributed by atoms with Crippen LogP contribution in [0.2, 0.25) is 0 Å². The number of hydrogen-bond acceptors (Lipinski definition) is 11. The molecule has 8 atom stereocenters. The monoisotopic (exact) mass is 1030 g/mol. The van der Waals surface area contributed by atoms with E-state index in [0.717, 1.165) is 70.6 Å². The van der Waals surface area contributed by atoms with Crippen LogP contribution in [-0.4, -0.2) is 107 Å². The summed E-state index contributed by atoms with van der Waals surface area (Å²) < 4.78 is 47.7. The number of carbonyl (C=O) groups is 1. The Hall–Kier alpha value is -2.24. The Bertz CT molecular complexity index is 1500. The minimum atomic E-state index is -5.13. The lowest BCUT2D eigenvalue weighted by atomic mass is 9.99. The van der Waals surface area contributed by atoms with Crippen LogP contribution in [0.15, 0.2) is 60.8 Å². The van der Waals surface area contributed by atoms with Crippen LogP contribution < -0.4 is 5.32 Å². The number of ether oxygens (including phenoxy) is 2. The van der Waals surface area contributed by atoms with Crippen molar-refractivity contribution in [3.05, 3.63) is 60.8 Å². The molecule has 0 spiro atoms. The van der Waals surface area contributed by atoms with Crippen LogP contribution in [0.25, 0.3) is 0 Å². The van der Waals surface area contributed by atoms with E-state index >= 15 is 0 Å². The molecule has 7 N–H and O–H groups in total. The van der Waals surface area contributed by atoms with Crippen LogP contribution in [0.1, 0.15) is 232 Å². The van der Waals surface area contributed by atoms with Crippen LogP contribution >= 0.6 is 0 Å². The molecule has 8 unspecified atom stereocenters. The van der Waals surface area contributed by atoms with Crippen molar-refractivity contribution in [2.24, 2.45) is 0 Å². The van der Waals surface area contributed by atoms with Crippen LogP contribution in [0.3, 0.4) is 0 Å². The topological polar surface area (TPSA) is 212 Å². The molecule has 1 heterocycles. The highest BCUT2D eigenvalue weighted by Crippen LogP contribution is 2.26. The van der Waals surface area contributed by atoms with E-state index in [1.54, 1.807) is 6.08 Å². The van der Waals surface area contributed by atoms with Crippen LogP contribution in [0.5, 0.6) is 0 Å². The Morgan fingerprint density at radius 3 is 1.44 bits per heavy atom. The fourth-order valence-electron chi connectivity index (χ4n) is 8.64. The van der Waals surface area contributed by atoms with E-state index in [-0.39, 0.29) is 6.42 Å². The van der Waals surface area contributed by atoms with E-state index in [1.165, 1.54) is 134 Å². The van der Waals surface area contributed by atoms with Gasteiger partial charge in [-0.25, -0.2) is 4.18 Å². The maximum atomic E-state index is 13.2. The molecule has 1 aliphatic heterocycles. The maximum absolute atomic E-state index is 13.2. The minimum absolute atomic E-state index is 0.220. The molecule has 1 amide bonds. The van der Waals surface area contributed by atoms with Gasteiger partial charge in [-0.2, -0.15) is 8.42 Å². The molecule has 0 aliphatic carbocycles. The third-order valence-electron chi connectivity index (χ3n) is 13.1. The summed E-state index contributed by atoms with van der Waals surface area (Å²) in [5.74, 6) is -0.724. The molecular formula is C57H103NO12S. The number of nitrogens with one attached hydrogen (secondary N) is 1. The van der Waals surface area contributed by atoms with Crippen molar-refractivity contribution in [3.8, 4) is 0 Å². The van der Waals surface area contributed by atoms with E-state index in [1.807, 2.05) is 0 Å². The average Bonchev–Trinajstić information content (AvgIpc) is 3.35. The van der Waals surface area contributed by atoms with Crippen molar-refractivity contribution in [2.75, 3.05) is 13.2 Å². The average molecular weight is 1030 g/mol. The number of carbonyl (C=O) groups excluding carboxylic acids is 1. The second-order valence-corrected chi connectivity index (χ2v) is 20.7. The highest BCUT2D eigenvalue weighted by atomic mass is 32.3. The third kappa shape index (κ3) is 38.0. The maximum Gasteiger partial charge on any atom is 0.397 e. The zero-order chi connectivity index (χ0) is 52.1. The highest BCUT2D eigenvalue weighted by molar-refractivity contribution is 7.80.